The van der Waals surface area contributed by atoms with Gasteiger partial charge in [0.2, 0.25) is 21.8 Å². The summed E-state index contributed by atoms with van der Waals surface area (Å²) in [6.07, 6.45) is 7.18. The molecule has 3 rings (SSSR count). The van der Waals surface area contributed by atoms with Gasteiger partial charge in [0.1, 0.15) is 0 Å². The van der Waals surface area contributed by atoms with Crippen molar-refractivity contribution in [2.24, 2.45) is 5.92 Å². The minimum atomic E-state index is -3.60. The molecule has 8 heteroatoms. The number of piperidine rings is 1. The largest absolute Gasteiger partial charge is 0.337 e. The highest BCUT2D eigenvalue weighted by Crippen LogP contribution is 2.40. The molecule has 148 valence electrons. The zero-order valence-electron chi connectivity index (χ0n) is 15.9. The van der Waals surface area contributed by atoms with Crippen molar-refractivity contribution < 1.29 is 18.0 Å². The summed E-state index contributed by atoms with van der Waals surface area (Å²) in [5.74, 6) is -0.647. The van der Waals surface area contributed by atoms with E-state index in [9.17, 15) is 18.0 Å². The van der Waals surface area contributed by atoms with Crippen LogP contribution >= 0.6 is 0 Å². The predicted molar refractivity (Wildman–Crippen MR) is 98.9 cm³/mol. The molecule has 0 radical (unpaired) electrons. The third-order valence-electron chi connectivity index (χ3n) is 6.04. The van der Waals surface area contributed by atoms with Gasteiger partial charge >= 0.3 is 0 Å². The molecule has 0 unspecified atom stereocenters. The topological polar surface area (TPSA) is 78.0 Å². The molecule has 0 aromatic carbocycles. The van der Waals surface area contributed by atoms with Crippen LogP contribution in [0.2, 0.25) is 0 Å². The number of amides is 2. The number of carbonyl (C=O) groups excluding carboxylic acids is 2. The summed E-state index contributed by atoms with van der Waals surface area (Å²) in [5.41, 5.74) is 0. The zero-order chi connectivity index (χ0) is 18.9. The van der Waals surface area contributed by atoms with E-state index in [-0.39, 0.29) is 29.8 Å². The minimum Gasteiger partial charge on any atom is -0.337 e. The van der Waals surface area contributed by atoms with E-state index in [1.807, 2.05) is 6.92 Å². The molecule has 0 bridgehead atoms. The van der Waals surface area contributed by atoms with Crippen LogP contribution < -0.4 is 0 Å². The van der Waals surface area contributed by atoms with Crippen LogP contribution in [-0.4, -0.2) is 78.9 Å². The number of sulfonamides is 1. The Morgan fingerprint density at radius 3 is 2.46 bits per heavy atom. The molecular weight excluding hydrogens is 354 g/mol. The Labute approximate surface area is 156 Å². The van der Waals surface area contributed by atoms with Crippen LogP contribution in [0.1, 0.15) is 51.9 Å². The number of hydrogen-bond donors (Lipinski definition) is 0. The molecule has 0 spiro atoms. The van der Waals surface area contributed by atoms with E-state index < -0.39 is 10.0 Å². The van der Waals surface area contributed by atoms with Crippen molar-refractivity contribution in [3.63, 3.8) is 0 Å². The Morgan fingerprint density at radius 2 is 1.85 bits per heavy atom. The Hall–Kier alpha value is -1.15. The molecule has 3 fully saturated rings. The lowest BCUT2D eigenvalue weighted by atomic mass is 9.94. The van der Waals surface area contributed by atoms with Gasteiger partial charge in [0.25, 0.3) is 0 Å². The molecular formula is C18H31N3O4S. The number of nitrogens with zero attached hydrogens (tertiary/aromatic N) is 3. The quantitative estimate of drug-likeness (QED) is 0.683. The second-order valence-corrected chi connectivity index (χ2v) is 9.74. The molecule has 3 aliphatic rings. The number of hydrogen-bond acceptors (Lipinski definition) is 5. The molecule has 3 aliphatic heterocycles. The van der Waals surface area contributed by atoms with Crippen molar-refractivity contribution in [1.29, 1.82) is 0 Å². The molecule has 0 aromatic rings. The van der Waals surface area contributed by atoms with E-state index in [0.29, 0.717) is 25.8 Å². The Kier molecular flexibility index (Phi) is 5.91. The molecule has 3 heterocycles. The molecule has 26 heavy (non-hydrogen) atoms. The maximum Gasteiger partial charge on any atom is 0.241 e. The van der Waals surface area contributed by atoms with Gasteiger partial charge in [-0.25, -0.2) is 12.7 Å². The van der Waals surface area contributed by atoms with E-state index in [4.69, 9.17) is 0 Å². The second-order valence-electron chi connectivity index (χ2n) is 7.88. The molecule has 0 aromatic heterocycles. The van der Waals surface area contributed by atoms with Gasteiger partial charge in [0.05, 0.1) is 24.3 Å². The fraction of sp³-hybridized carbons (Fsp3) is 0.889. The number of rotatable bonds is 6. The Morgan fingerprint density at radius 1 is 1.15 bits per heavy atom. The predicted octanol–water partition coefficient (Wildman–Crippen LogP) is 1.05. The van der Waals surface area contributed by atoms with Crippen molar-refractivity contribution >= 4 is 21.8 Å². The first-order chi connectivity index (χ1) is 12.3. The second kappa shape index (κ2) is 7.84. The van der Waals surface area contributed by atoms with E-state index in [1.165, 1.54) is 19.3 Å². The summed E-state index contributed by atoms with van der Waals surface area (Å²) < 4.78 is 25.3. The molecule has 3 saturated heterocycles. The van der Waals surface area contributed by atoms with Crippen LogP contribution in [0.15, 0.2) is 0 Å². The first-order valence-corrected chi connectivity index (χ1v) is 11.7. The molecule has 2 amide bonds. The number of fused-ring (bicyclic) bond motifs is 1. The van der Waals surface area contributed by atoms with Gasteiger partial charge in [-0.15, -0.1) is 0 Å². The van der Waals surface area contributed by atoms with Crippen molar-refractivity contribution in [3.8, 4) is 0 Å². The van der Waals surface area contributed by atoms with E-state index in [0.717, 1.165) is 36.6 Å². The summed E-state index contributed by atoms with van der Waals surface area (Å²) >= 11 is 0. The first kappa shape index (κ1) is 19.6. The lowest BCUT2D eigenvalue weighted by Crippen LogP contribution is -2.44. The average Bonchev–Trinajstić information content (AvgIpc) is 3.12. The summed E-state index contributed by atoms with van der Waals surface area (Å²) in [6.45, 7) is 5.40. The Balaban J connectivity index is 1.71. The summed E-state index contributed by atoms with van der Waals surface area (Å²) in [5, 5.41) is 0. The highest BCUT2D eigenvalue weighted by Gasteiger charge is 2.56. The fourth-order valence-electron chi connectivity index (χ4n) is 4.90. The molecule has 0 saturated carbocycles. The van der Waals surface area contributed by atoms with Crippen molar-refractivity contribution in [2.75, 3.05) is 32.4 Å². The van der Waals surface area contributed by atoms with Gasteiger partial charge in [-0.2, -0.15) is 0 Å². The van der Waals surface area contributed by atoms with Gasteiger partial charge in [-0.3, -0.25) is 9.59 Å². The third-order valence-corrected chi connectivity index (χ3v) is 7.20. The van der Waals surface area contributed by atoms with Crippen molar-refractivity contribution in [1.82, 2.24) is 14.1 Å². The monoisotopic (exact) mass is 385 g/mol. The number of likely N-dealkylation sites (tertiary alicyclic amines) is 2. The van der Waals surface area contributed by atoms with Gasteiger partial charge in [0.15, 0.2) is 0 Å². The lowest BCUT2D eigenvalue weighted by Gasteiger charge is -2.30. The SMILES string of the molecule is CCC[C@@H]1C(=O)N(S(C)(=O)=O)[C@@H]2CCN(C(=O)CCN3CCCCC3)[C@@H]12. The van der Waals surface area contributed by atoms with Crippen LogP contribution in [0.5, 0.6) is 0 Å². The van der Waals surface area contributed by atoms with Gasteiger partial charge < -0.3 is 9.80 Å². The van der Waals surface area contributed by atoms with Crippen LogP contribution in [0.25, 0.3) is 0 Å². The van der Waals surface area contributed by atoms with Gasteiger partial charge in [-0.05, 0) is 38.8 Å². The smallest absolute Gasteiger partial charge is 0.241 e. The van der Waals surface area contributed by atoms with Gasteiger partial charge in [0, 0.05) is 19.5 Å². The molecule has 7 nitrogen and oxygen atoms in total. The Bertz CT molecular complexity index is 645. The first-order valence-electron chi connectivity index (χ1n) is 9.89. The third kappa shape index (κ3) is 3.76. The summed E-state index contributed by atoms with van der Waals surface area (Å²) in [6, 6.07) is -0.668. The van der Waals surface area contributed by atoms with E-state index >= 15 is 0 Å². The van der Waals surface area contributed by atoms with Crippen LogP contribution in [-0.2, 0) is 19.6 Å². The lowest BCUT2D eigenvalue weighted by molar-refractivity contribution is -0.134. The highest BCUT2D eigenvalue weighted by atomic mass is 32.2. The van der Waals surface area contributed by atoms with Crippen LogP contribution in [0.3, 0.4) is 0 Å². The van der Waals surface area contributed by atoms with E-state index in [2.05, 4.69) is 4.90 Å². The number of carbonyl (C=O) groups is 2. The maximum atomic E-state index is 12.9. The maximum absolute atomic E-state index is 12.9. The van der Waals surface area contributed by atoms with E-state index in [1.54, 1.807) is 4.90 Å². The average molecular weight is 386 g/mol. The minimum absolute atomic E-state index is 0.0623. The van der Waals surface area contributed by atoms with Crippen molar-refractivity contribution in [3.05, 3.63) is 0 Å². The fourth-order valence-corrected chi connectivity index (χ4v) is 6.08. The summed E-state index contributed by atoms with van der Waals surface area (Å²) in [4.78, 5) is 29.7. The van der Waals surface area contributed by atoms with Crippen LogP contribution in [0, 0.1) is 5.92 Å². The van der Waals surface area contributed by atoms with Gasteiger partial charge in [-0.1, -0.05) is 19.8 Å². The highest BCUT2D eigenvalue weighted by molar-refractivity contribution is 7.88. The van der Waals surface area contributed by atoms with Crippen molar-refractivity contribution in [2.45, 2.75) is 64.0 Å². The standard InChI is InChI=1S/C18H31N3O4S/c1-3-7-14-17-15(21(18(14)23)26(2,24)25)8-13-20(17)16(22)9-12-19-10-5-4-6-11-19/h14-15,17H,3-13H2,1-2H3/t14-,15+,17-/m0/s1. The molecule has 3 atom stereocenters. The molecule has 0 aliphatic carbocycles. The summed E-state index contributed by atoms with van der Waals surface area (Å²) in [7, 11) is -3.60. The zero-order valence-corrected chi connectivity index (χ0v) is 16.7. The van der Waals surface area contributed by atoms with Crippen LogP contribution in [0.4, 0.5) is 0 Å². The molecule has 0 N–H and O–H groups in total. The normalized spacial score (nSPS) is 30.1.